The largest absolute Gasteiger partial charge is 0.573 e. The van der Waals surface area contributed by atoms with Crippen molar-refractivity contribution in [1.29, 1.82) is 0 Å². The van der Waals surface area contributed by atoms with E-state index in [-0.39, 0.29) is 0 Å². The van der Waals surface area contributed by atoms with E-state index in [1.54, 1.807) is 6.08 Å². The van der Waals surface area contributed by atoms with Crippen LogP contribution >= 0.6 is 0 Å². The third-order valence-electron chi connectivity index (χ3n) is 6.12. The van der Waals surface area contributed by atoms with E-state index in [2.05, 4.69) is 53.8 Å². The molecule has 33 heavy (non-hydrogen) atoms. The molecule has 1 saturated carbocycles. The smallest absolute Gasteiger partial charge is 0.403 e. The number of allylic oxidation sites excluding steroid dienone is 2. The summed E-state index contributed by atoms with van der Waals surface area (Å²) in [5.74, 6) is 4.73. The maximum atomic E-state index is 13.7. The van der Waals surface area contributed by atoms with Crippen LogP contribution in [0.5, 0.6) is 5.75 Å². The van der Waals surface area contributed by atoms with Gasteiger partial charge in [0.25, 0.3) is 0 Å². The molecule has 0 aliphatic heterocycles. The first-order chi connectivity index (χ1) is 15.8. The maximum absolute atomic E-state index is 13.7. The Morgan fingerprint density at radius 2 is 1.73 bits per heavy atom. The highest BCUT2D eigenvalue weighted by Gasteiger charge is 2.32. The molecule has 0 N–H and O–H groups in total. The molecule has 0 heterocycles. The van der Waals surface area contributed by atoms with Gasteiger partial charge in [-0.2, -0.15) is 0 Å². The fraction of sp³-hybridized carbons (Fsp3) is 0.429. The zero-order valence-electron chi connectivity index (χ0n) is 18.9. The number of aryl methyl sites for hydroxylation is 1. The zero-order valence-corrected chi connectivity index (χ0v) is 18.9. The second-order valence-corrected chi connectivity index (χ2v) is 8.63. The van der Waals surface area contributed by atoms with Crippen molar-refractivity contribution in [2.75, 3.05) is 0 Å². The number of benzene rings is 2. The molecular weight excluding hydrogens is 428 g/mol. The monoisotopic (exact) mass is 458 g/mol. The SMILES string of the molecule is CCCCCc1ccc(C2CCC(C=CC#Cc3ccc(OC(F)(F)F)c(F)c3)CC2)cc1. The lowest BCUT2D eigenvalue weighted by atomic mass is 9.78. The van der Waals surface area contributed by atoms with Crippen molar-refractivity contribution >= 4 is 0 Å². The molecule has 176 valence electrons. The van der Waals surface area contributed by atoms with Gasteiger partial charge in [-0.05, 0) is 85.8 Å². The van der Waals surface area contributed by atoms with Crippen LogP contribution in [0.4, 0.5) is 17.6 Å². The van der Waals surface area contributed by atoms with Crippen LogP contribution in [0.2, 0.25) is 0 Å². The van der Waals surface area contributed by atoms with Crippen molar-refractivity contribution in [3.8, 4) is 17.6 Å². The van der Waals surface area contributed by atoms with Crippen molar-refractivity contribution < 1.29 is 22.3 Å². The van der Waals surface area contributed by atoms with E-state index in [0.717, 1.165) is 44.2 Å². The number of hydrogen-bond acceptors (Lipinski definition) is 1. The summed E-state index contributed by atoms with van der Waals surface area (Å²) in [5, 5.41) is 0. The van der Waals surface area contributed by atoms with Gasteiger partial charge in [0.1, 0.15) is 0 Å². The van der Waals surface area contributed by atoms with Gasteiger partial charge in [-0.3, -0.25) is 0 Å². The van der Waals surface area contributed by atoms with Gasteiger partial charge in [0, 0.05) is 5.56 Å². The van der Waals surface area contributed by atoms with Gasteiger partial charge in [0.05, 0.1) is 0 Å². The van der Waals surface area contributed by atoms with Crippen LogP contribution in [-0.2, 0) is 6.42 Å². The molecule has 0 saturated heterocycles. The number of unbranched alkanes of at least 4 members (excludes halogenated alkanes) is 2. The Morgan fingerprint density at radius 3 is 2.36 bits per heavy atom. The van der Waals surface area contributed by atoms with Gasteiger partial charge in [0.2, 0.25) is 0 Å². The van der Waals surface area contributed by atoms with E-state index < -0.39 is 17.9 Å². The molecule has 3 rings (SSSR count). The predicted molar refractivity (Wildman–Crippen MR) is 123 cm³/mol. The molecule has 0 spiro atoms. The summed E-state index contributed by atoms with van der Waals surface area (Å²) in [7, 11) is 0. The number of rotatable bonds is 7. The average molecular weight is 459 g/mol. The number of halogens is 4. The predicted octanol–water partition coefficient (Wildman–Crippen LogP) is 8.34. The molecule has 2 aromatic rings. The first-order valence-electron chi connectivity index (χ1n) is 11.7. The minimum Gasteiger partial charge on any atom is -0.403 e. The molecule has 0 atom stereocenters. The summed E-state index contributed by atoms with van der Waals surface area (Å²) >= 11 is 0. The molecule has 0 unspecified atom stereocenters. The minimum atomic E-state index is -4.92. The van der Waals surface area contributed by atoms with E-state index in [1.165, 1.54) is 36.5 Å². The van der Waals surface area contributed by atoms with Gasteiger partial charge in [-0.15, -0.1) is 13.2 Å². The lowest BCUT2D eigenvalue weighted by Gasteiger charge is -2.27. The van der Waals surface area contributed by atoms with Crippen molar-refractivity contribution in [2.24, 2.45) is 5.92 Å². The van der Waals surface area contributed by atoms with Crippen molar-refractivity contribution in [3.63, 3.8) is 0 Å². The lowest BCUT2D eigenvalue weighted by molar-refractivity contribution is -0.275. The summed E-state index contributed by atoms with van der Waals surface area (Å²) in [5.41, 5.74) is 3.15. The van der Waals surface area contributed by atoms with Gasteiger partial charge < -0.3 is 4.74 Å². The van der Waals surface area contributed by atoms with Gasteiger partial charge in [-0.25, -0.2) is 4.39 Å². The van der Waals surface area contributed by atoms with E-state index in [9.17, 15) is 17.6 Å². The van der Waals surface area contributed by atoms with E-state index >= 15 is 0 Å². The molecule has 0 bridgehead atoms. The Balaban J connectivity index is 1.46. The second kappa shape index (κ2) is 11.9. The normalized spacial score (nSPS) is 18.7. The second-order valence-electron chi connectivity index (χ2n) is 8.63. The molecule has 5 heteroatoms. The number of alkyl halides is 3. The summed E-state index contributed by atoms with van der Waals surface area (Å²) in [6.07, 6.45) is 8.33. The quantitative estimate of drug-likeness (QED) is 0.230. The van der Waals surface area contributed by atoms with Crippen LogP contribution in [0.1, 0.15) is 74.5 Å². The van der Waals surface area contributed by atoms with E-state index in [4.69, 9.17) is 0 Å². The summed E-state index contributed by atoms with van der Waals surface area (Å²) in [6.45, 7) is 2.22. The highest BCUT2D eigenvalue weighted by atomic mass is 19.4. The van der Waals surface area contributed by atoms with Crippen LogP contribution < -0.4 is 4.74 Å². The molecule has 0 amide bonds. The van der Waals surface area contributed by atoms with E-state index in [0.29, 0.717) is 17.4 Å². The van der Waals surface area contributed by atoms with Gasteiger partial charge in [-0.1, -0.05) is 61.9 Å². The van der Waals surface area contributed by atoms with Crippen LogP contribution in [0.3, 0.4) is 0 Å². The first-order valence-corrected chi connectivity index (χ1v) is 11.7. The summed E-state index contributed by atoms with van der Waals surface area (Å²) < 4.78 is 54.0. The molecular formula is C28H30F4O. The topological polar surface area (TPSA) is 9.23 Å². The highest BCUT2D eigenvalue weighted by Crippen LogP contribution is 2.36. The molecule has 0 radical (unpaired) electrons. The van der Waals surface area contributed by atoms with Crippen molar-refractivity contribution in [2.45, 2.75) is 70.6 Å². The number of hydrogen-bond donors (Lipinski definition) is 0. The fourth-order valence-electron chi connectivity index (χ4n) is 4.28. The van der Waals surface area contributed by atoms with Crippen molar-refractivity contribution in [1.82, 2.24) is 0 Å². The fourth-order valence-corrected chi connectivity index (χ4v) is 4.28. The first kappa shape index (κ1) is 24.9. The Labute approximate surface area is 193 Å². The van der Waals surface area contributed by atoms with Crippen molar-refractivity contribution in [3.05, 3.63) is 77.1 Å². The van der Waals surface area contributed by atoms with Crippen LogP contribution in [0.25, 0.3) is 0 Å². The summed E-state index contributed by atoms with van der Waals surface area (Å²) in [4.78, 5) is 0. The molecule has 1 aliphatic carbocycles. The summed E-state index contributed by atoms with van der Waals surface area (Å²) in [6, 6.07) is 12.3. The molecule has 1 nitrogen and oxygen atoms in total. The van der Waals surface area contributed by atoms with Crippen LogP contribution in [0.15, 0.2) is 54.6 Å². The Hall–Kier alpha value is -2.74. The Kier molecular flexibility index (Phi) is 9.00. The van der Waals surface area contributed by atoms with Crippen LogP contribution in [0, 0.1) is 23.6 Å². The zero-order chi connectivity index (χ0) is 23.7. The standard InChI is InChI=1S/C28H30F4O/c1-2-3-4-7-21-10-15-24(16-11-21)25-17-12-22(13-18-25)8-5-6-9-23-14-19-27(26(29)20-23)33-28(30,31)32/h5,8,10-11,14-16,19-20,22,25H,2-4,7,12-13,17-18H2,1H3. The molecule has 1 fully saturated rings. The molecule has 2 aromatic carbocycles. The van der Waals surface area contributed by atoms with Gasteiger partial charge in [0.15, 0.2) is 11.6 Å². The minimum absolute atomic E-state index is 0.300. The van der Waals surface area contributed by atoms with E-state index in [1.807, 2.05) is 0 Å². The average Bonchev–Trinajstić information content (AvgIpc) is 2.79. The third kappa shape index (κ3) is 8.28. The Bertz CT molecular complexity index is 972. The number of ether oxygens (including phenoxy) is 1. The maximum Gasteiger partial charge on any atom is 0.573 e. The van der Waals surface area contributed by atoms with Gasteiger partial charge >= 0.3 is 6.36 Å². The highest BCUT2D eigenvalue weighted by molar-refractivity contribution is 5.41. The lowest BCUT2D eigenvalue weighted by Crippen LogP contribution is -2.17. The van der Waals surface area contributed by atoms with Crippen LogP contribution in [-0.4, -0.2) is 6.36 Å². The molecule has 1 aliphatic rings. The third-order valence-corrected chi connectivity index (χ3v) is 6.12. The molecule has 0 aromatic heterocycles. The Morgan fingerprint density at radius 1 is 1.00 bits per heavy atom.